The van der Waals surface area contributed by atoms with Gasteiger partial charge in [-0.2, -0.15) is 25.3 Å². The fraction of sp³-hybridized carbons (Fsp3) is 0. The molecule has 0 aromatic carbocycles. The second-order valence-electron chi connectivity index (χ2n) is 1.54. The summed E-state index contributed by atoms with van der Waals surface area (Å²) in [7, 11) is -12.5. The van der Waals surface area contributed by atoms with Crippen LogP contribution >= 0.6 is 0 Å². The van der Waals surface area contributed by atoms with Crippen LogP contribution in [0.4, 0.5) is 0 Å². The Labute approximate surface area is 111 Å². The molecule has 0 aliphatic heterocycles. The third-order valence-electron chi connectivity index (χ3n) is 0. The zero-order chi connectivity index (χ0) is 13.5. The molecule has 0 atom stereocenters. The van der Waals surface area contributed by atoms with Crippen LogP contribution in [0.15, 0.2) is 0 Å². The first kappa shape index (κ1) is 25.4. The van der Waals surface area contributed by atoms with E-state index in [4.69, 9.17) is 38.9 Å². The van der Waals surface area contributed by atoms with Gasteiger partial charge < -0.3 is 0 Å². The van der Waals surface area contributed by atoms with E-state index >= 15 is 0 Å². The first-order valence-corrected chi connectivity index (χ1v) is 6.76. The Morgan fingerprint density at radius 1 is 0.562 bits per heavy atom. The summed E-state index contributed by atoms with van der Waals surface area (Å²) in [5.41, 5.74) is 0. The monoisotopic (exact) mass is 406 g/mol. The Bertz CT molecular complexity index is 347. The normalized spacial score (nSPS) is 10.9. The van der Waals surface area contributed by atoms with Gasteiger partial charge in [0, 0.05) is 25.8 Å². The Hall–Kier alpha value is 0.480. The molecule has 9 N–H and O–H groups in total. The van der Waals surface area contributed by atoms with Gasteiger partial charge in [0.1, 0.15) is 0 Å². The Balaban J connectivity index is -0.0000000655. The van der Waals surface area contributed by atoms with Crippen molar-refractivity contribution in [3.05, 3.63) is 0 Å². The quantitative estimate of drug-likeness (QED) is 0.214. The van der Waals surface area contributed by atoms with Gasteiger partial charge in [-0.25, -0.2) is 15.4 Å². The summed E-state index contributed by atoms with van der Waals surface area (Å²) in [6, 6.07) is 0. The van der Waals surface area contributed by atoms with Crippen LogP contribution in [0.1, 0.15) is 0 Å². The summed E-state index contributed by atoms with van der Waals surface area (Å²) in [5, 5.41) is 11.6. The zero-order valence-electron chi connectivity index (χ0n) is 7.33. The van der Waals surface area contributed by atoms with E-state index in [1.807, 2.05) is 0 Å². The topological polar surface area (TPSA) is 241 Å². The fourth-order valence-electron chi connectivity index (χ4n) is 0. The molecule has 0 rings (SSSR count). The molecule has 16 heavy (non-hydrogen) atoms. The number of hydrogen-bond acceptors (Lipinski definition) is 6. The average molecular weight is 406 g/mol. The van der Waals surface area contributed by atoms with E-state index < -0.39 is 30.9 Å². The van der Waals surface area contributed by atoms with Crippen molar-refractivity contribution in [2.45, 2.75) is 0 Å². The molecule has 0 saturated carbocycles. The summed E-state index contributed by atoms with van der Waals surface area (Å²) in [6.45, 7) is 0. The molecule has 0 aliphatic carbocycles. The number of rotatable bonds is 0. The van der Waals surface area contributed by atoms with Gasteiger partial charge in [0.05, 0.1) is 0 Å². The van der Waals surface area contributed by atoms with Gasteiger partial charge in [-0.3, -0.25) is 13.7 Å². The van der Waals surface area contributed by atoms with E-state index in [-0.39, 0.29) is 25.8 Å². The van der Waals surface area contributed by atoms with Crippen molar-refractivity contribution in [1.82, 2.24) is 0 Å². The molecule has 0 aromatic heterocycles. The second-order valence-corrected chi connectivity index (χ2v) is 4.63. The van der Waals surface area contributed by atoms with E-state index in [2.05, 4.69) is 15.4 Å². The summed E-state index contributed by atoms with van der Waals surface area (Å²) in [5.74, 6) is 0. The fourth-order valence-corrected chi connectivity index (χ4v) is 0. The second kappa shape index (κ2) is 9.50. The van der Waals surface area contributed by atoms with Crippen LogP contribution < -0.4 is 15.4 Å². The molecule has 0 amide bonds. The third kappa shape index (κ3) is 11400. The Kier molecular flexibility index (Phi) is 15.1. The van der Waals surface area contributed by atoms with Crippen LogP contribution in [-0.4, -0.2) is 64.8 Å². The summed E-state index contributed by atoms with van der Waals surface area (Å²) in [4.78, 5) is 0. The first-order chi connectivity index (χ1) is 6.00. The van der Waals surface area contributed by atoms with Crippen molar-refractivity contribution in [2.75, 3.05) is 0 Å². The van der Waals surface area contributed by atoms with Crippen molar-refractivity contribution >= 4 is 56.8 Å². The average Bonchev–Trinajstić information content (AvgIpc) is 1.41. The van der Waals surface area contributed by atoms with Crippen LogP contribution in [0.5, 0.6) is 0 Å². The van der Waals surface area contributed by atoms with Gasteiger partial charge >= 0.3 is 30.9 Å². The summed E-state index contributed by atoms with van der Waals surface area (Å²) < 4.78 is 75.6. The Morgan fingerprint density at radius 2 is 0.562 bits per heavy atom. The molecule has 12 nitrogen and oxygen atoms in total. The standard InChI is InChI=1S/In.3H3NO3S/c;3*1-5(2,3)4/h;3*(H3,1,2,3,4). The minimum absolute atomic E-state index is 0. The van der Waals surface area contributed by atoms with Gasteiger partial charge in [0.15, 0.2) is 0 Å². The zero-order valence-corrected chi connectivity index (χ0v) is 13.1. The molecule has 0 unspecified atom stereocenters. The molecule has 0 bridgehead atoms. The predicted octanol–water partition coefficient (Wildman–Crippen LogP) is -4.14. The smallest absolute Gasteiger partial charge is 0.274 e. The van der Waals surface area contributed by atoms with Crippen LogP contribution in [0.25, 0.3) is 0 Å². The molecule has 99 valence electrons. The molecule has 0 fully saturated rings. The minimum atomic E-state index is -4.17. The molecule has 0 aliphatic rings. The molecule has 0 heterocycles. The van der Waals surface area contributed by atoms with Gasteiger partial charge in [-0.15, -0.1) is 0 Å². The van der Waals surface area contributed by atoms with Crippen LogP contribution in [0.2, 0.25) is 0 Å². The van der Waals surface area contributed by atoms with Crippen molar-refractivity contribution in [1.29, 1.82) is 0 Å². The molecular formula is H9InN3O9S3. The maximum atomic E-state index is 8.97. The largest absolute Gasteiger partial charge is 0.330 e. The molecule has 0 saturated heterocycles. The molecule has 0 spiro atoms. The molecular weight excluding hydrogens is 397 g/mol. The van der Waals surface area contributed by atoms with E-state index in [1.54, 1.807) is 0 Å². The van der Waals surface area contributed by atoms with Gasteiger partial charge in [0.2, 0.25) is 0 Å². The summed E-state index contributed by atoms with van der Waals surface area (Å²) in [6.07, 6.45) is 0. The van der Waals surface area contributed by atoms with E-state index in [9.17, 15) is 0 Å². The van der Waals surface area contributed by atoms with Gasteiger partial charge in [-0.05, 0) is 0 Å². The maximum Gasteiger partial charge on any atom is 0.330 e. The van der Waals surface area contributed by atoms with Crippen molar-refractivity contribution < 1.29 is 38.9 Å². The van der Waals surface area contributed by atoms with Crippen LogP contribution in [-0.2, 0) is 30.9 Å². The van der Waals surface area contributed by atoms with E-state index in [1.165, 1.54) is 0 Å². The van der Waals surface area contributed by atoms with Gasteiger partial charge in [0.25, 0.3) is 0 Å². The van der Waals surface area contributed by atoms with E-state index in [0.717, 1.165) is 0 Å². The Morgan fingerprint density at radius 3 is 0.562 bits per heavy atom. The number of hydrogen-bond donors (Lipinski definition) is 6. The summed E-state index contributed by atoms with van der Waals surface area (Å²) >= 11 is 0. The van der Waals surface area contributed by atoms with Gasteiger partial charge in [-0.1, -0.05) is 0 Å². The van der Waals surface area contributed by atoms with Crippen LogP contribution in [0, 0.1) is 0 Å². The maximum absolute atomic E-state index is 8.97. The first-order valence-electron chi connectivity index (χ1n) is 2.25. The SMILES string of the molecule is NS(=O)(=O)O.NS(=O)(=O)O.NS(=O)(=O)O.[In]. The van der Waals surface area contributed by atoms with Crippen molar-refractivity contribution in [3.8, 4) is 0 Å². The predicted molar refractivity (Wildman–Crippen MR) is 53.0 cm³/mol. The molecule has 16 heteroatoms. The molecule has 0 aromatic rings. The van der Waals surface area contributed by atoms with Crippen molar-refractivity contribution in [2.24, 2.45) is 15.4 Å². The van der Waals surface area contributed by atoms with Crippen LogP contribution in [0.3, 0.4) is 0 Å². The van der Waals surface area contributed by atoms with Crippen molar-refractivity contribution in [3.63, 3.8) is 0 Å². The third-order valence-corrected chi connectivity index (χ3v) is 0. The molecule has 3 radical (unpaired) electrons. The van der Waals surface area contributed by atoms with E-state index in [0.29, 0.717) is 0 Å². The number of nitrogens with two attached hydrogens (primary N) is 3. The minimum Gasteiger partial charge on any atom is -0.274 e.